The van der Waals surface area contributed by atoms with Gasteiger partial charge in [0.1, 0.15) is 5.75 Å². The maximum Gasteiger partial charge on any atom is 0.151 e. The van der Waals surface area contributed by atoms with Crippen LogP contribution in [-0.4, -0.2) is 17.5 Å². The first kappa shape index (κ1) is 10.4. The Morgan fingerprint density at radius 2 is 2.33 bits per heavy atom. The SMILES string of the molecule is N=C(N)SCC1CCOc2ccccc21. The number of para-hydroxylation sites is 1. The Bertz CT molecular complexity index is 367. The molecule has 0 saturated heterocycles. The molecule has 15 heavy (non-hydrogen) atoms. The van der Waals surface area contributed by atoms with Gasteiger partial charge in [-0.05, 0) is 18.1 Å². The van der Waals surface area contributed by atoms with E-state index in [4.69, 9.17) is 15.9 Å². The summed E-state index contributed by atoms with van der Waals surface area (Å²) in [5.74, 6) is 2.32. The minimum absolute atomic E-state index is 0.193. The molecule has 1 unspecified atom stereocenters. The fraction of sp³-hybridized carbons (Fsp3) is 0.364. The molecule has 0 saturated carbocycles. The predicted octanol–water partition coefficient (Wildman–Crippen LogP) is 2.18. The molecule has 3 nitrogen and oxygen atoms in total. The molecule has 1 atom stereocenters. The standard InChI is InChI=1S/C11H14N2OS/c12-11(13)15-7-8-5-6-14-10-4-2-1-3-9(8)10/h1-4,8H,5-7H2,(H3,12,13). The van der Waals surface area contributed by atoms with E-state index in [9.17, 15) is 0 Å². The highest BCUT2D eigenvalue weighted by Crippen LogP contribution is 2.35. The van der Waals surface area contributed by atoms with E-state index < -0.39 is 0 Å². The van der Waals surface area contributed by atoms with Crippen LogP contribution in [0.2, 0.25) is 0 Å². The molecule has 0 bridgehead atoms. The summed E-state index contributed by atoms with van der Waals surface area (Å²) in [6, 6.07) is 8.11. The third-order valence-electron chi connectivity index (χ3n) is 2.52. The van der Waals surface area contributed by atoms with Crippen molar-refractivity contribution in [2.24, 2.45) is 5.73 Å². The Balaban J connectivity index is 2.11. The number of benzene rings is 1. The highest BCUT2D eigenvalue weighted by Gasteiger charge is 2.20. The molecule has 0 aromatic heterocycles. The Morgan fingerprint density at radius 3 is 3.13 bits per heavy atom. The number of fused-ring (bicyclic) bond motifs is 1. The van der Waals surface area contributed by atoms with E-state index in [0.717, 1.165) is 24.5 Å². The third-order valence-corrected chi connectivity index (χ3v) is 3.40. The summed E-state index contributed by atoms with van der Waals surface area (Å²) >= 11 is 1.41. The topological polar surface area (TPSA) is 59.1 Å². The van der Waals surface area contributed by atoms with Crippen molar-refractivity contribution in [3.63, 3.8) is 0 Å². The quantitative estimate of drug-likeness (QED) is 0.595. The fourth-order valence-electron chi connectivity index (χ4n) is 1.78. The average Bonchev–Trinajstić information content (AvgIpc) is 2.26. The Kier molecular flexibility index (Phi) is 3.16. The van der Waals surface area contributed by atoms with Gasteiger partial charge in [-0.2, -0.15) is 0 Å². The second-order valence-electron chi connectivity index (χ2n) is 3.55. The zero-order valence-corrected chi connectivity index (χ0v) is 9.22. The Morgan fingerprint density at radius 1 is 1.53 bits per heavy atom. The van der Waals surface area contributed by atoms with Gasteiger partial charge in [0, 0.05) is 11.7 Å². The lowest BCUT2D eigenvalue weighted by Gasteiger charge is -2.25. The molecule has 0 spiro atoms. The first-order valence-electron chi connectivity index (χ1n) is 4.96. The summed E-state index contributed by atoms with van der Waals surface area (Å²) in [4.78, 5) is 0. The van der Waals surface area contributed by atoms with E-state index in [0.29, 0.717) is 5.92 Å². The Hall–Kier alpha value is -1.16. The highest BCUT2D eigenvalue weighted by molar-refractivity contribution is 8.13. The van der Waals surface area contributed by atoms with Gasteiger partial charge in [-0.1, -0.05) is 30.0 Å². The summed E-state index contributed by atoms with van der Waals surface area (Å²) in [6.07, 6.45) is 1.01. The van der Waals surface area contributed by atoms with Crippen LogP contribution in [0.1, 0.15) is 17.9 Å². The molecule has 1 aromatic carbocycles. The van der Waals surface area contributed by atoms with E-state index in [1.54, 1.807) is 0 Å². The number of thioether (sulfide) groups is 1. The number of amidine groups is 1. The highest BCUT2D eigenvalue weighted by atomic mass is 32.2. The summed E-state index contributed by atoms with van der Waals surface area (Å²) < 4.78 is 5.57. The first-order valence-corrected chi connectivity index (χ1v) is 5.94. The molecule has 0 radical (unpaired) electrons. The van der Waals surface area contributed by atoms with Crippen molar-refractivity contribution in [3.05, 3.63) is 29.8 Å². The van der Waals surface area contributed by atoms with Crippen LogP contribution in [0.15, 0.2) is 24.3 Å². The predicted molar refractivity (Wildman–Crippen MR) is 63.7 cm³/mol. The lowest BCUT2D eigenvalue weighted by atomic mass is 9.95. The molecular weight excluding hydrogens is 208 g/mol. The number of rotatable bonds is 2. The Labute approximate surface area is 93.5 Å². The lowest BCUT2D eigenvalue weighted by Crippen LogP contribution is -2.17. The summed E-state index contributed by atoms with van der Waals surface area (Å²) in [6.45, 7) is 0.764. The number of hydrogen-bond donors (Lipinski definition) is 2. The summed E-state index contributed by atoms with van der Waals surface area (Å²) in [5.41, 5.74) is 6.59. The first-order chi connectivity index (χ1) is 7.27. The van der Waals surface area contributed by atoms with Crippen LogP contribution in [0, 0.1) is 5.41 Å². The van der Waals surface area contributed by atoms with Crippen LogP contribution >= 0.6 is 11.8 Å². The molecule has 1 aliphatic heterocycles. The van der Waals surface area contributed by atoms with Crippen LogP contribution in [0.3, 0.4) is 0 Å². The van der Waals surface area contributed by atoms with Crippen molar-refractivity contribution in [1.82, 2.24) is 0 Å². The number of nitrogens with one attached hydrogen (secondary N) is 1. The van der Waals surface area contributed by atoms with Crippen LogP contribution in [0.4, 0.5) is 0 Å². The van der Waals surface area contributed by atoms with E-state index in [2.05, 4.69) is 6.07 Å². The maximum atomic E-state index is 7.21. The molecule has 0 fully saturated rings. The van der Waals surface area contributed by atoms with Gasteiger partial charge in [-0.3, -0.25) is 5.41 Å². The van der Waals surface area contributed by atoms with E-state index in [1.165, 1.54) is 17.3 Å². The van der Waals surface area contributed by atoms with Crippen LogP contribution < -0.4 is 10.5 Å². The van der Waals surface area contributed by atoms with Crippen LogP contribution in [0.5, 0.6) is 5.75 Å². The molecule has 1 heterocycles. The van der Waals surface area contributed by atoms with Crippen LogP contribution in [-0.2, 0) is 0 Å². The van der Waals surface area contributed by atoms with Crippen LogP contribution in [0.25, 0.3) is 0 Å². The van der Waals surface area contributed by atoms with Gasteiger partial charge in [0.25, 0.3) is 0 Å². The van der Waals surface area contributed by atoms with Gasteiger partial charge in [0.15, 0.2) is 5.17 Å². The number of nitrogens with two attached hydrogens (primary N) is 1. The maximum absolute atomic E-state index is 7.21. The second kappa shape index (κ2) is 4.57. The molecule has 80 valence electrons. The normalized spacial score (nSPS) is 19.1. The average molecular weight is 222 g/mol. The second-order valence-corrected chi connectivity index (χ2v) is 4.61. The zero-order valence-electron chi connectivity index (χ0n) is 8.40. The lowest BCUT2D eigenvalue weighted by molar-refractivity contribution is 0.273. The van der Waals surface area contributed by atoms with Gasteiger partial charge in [-0.15, -0.1) is 0 Å². The van der Waals surface area contributed by atoms with Crippen molar-refractivity contribution in [2.45, 2.75) is 12.3 Å². The minimum atomic E-state index is 0.193. The van der Waals surface area contributed by atoms with Gasteiger partial charge in [0.05, 0.1) is 6.61 Å². The fourth-order valence-corrected chi connectivity index (χ4v) is 2.51. The van der Waals surface area contributed by atoms with E-state index in [1.807, 2.05) is 18.2 Å². The molecule has 1 aromatic rings. The molecule has 1 aliphatic rings. The molecule has 4 heteroatoms. The van der Waals surface area contributed by atoms with E-state index >= 15 is 0 Å². The zero-order chi connectivity index (χ0) is 10.7. The molecular formula is C11H14N2OS. The van der Waals surface area contributed by atoms with Crippen molar-refractivity contribution in [2.75, 3.05) is 12.4 Å². The van der Waals surface area contributed by atoms with E-state index in [-0.39, 0.29) is 5.17 Å². The monoisotopic (exact) mass is 222 g/mol. The molecule has 3 N–H and O–H groups in total. The van der Waals surface area contributed by atoms with Gasteiger partial charge >= 0.3 is 0 Å². The van der Waals surface area contributed by atoms with Gasteiger partial charge in [-0.25, -0.2) is 0 Å². The van der Waals surface area contributed by atoms with Gasteiger partial charge < -0.3 is 10.5 Å². The van der Waals surface area contributed by atoms with Crippen molar-refractivity contribution in [3.8, 4) is 5.75 Å². The van der Waals surface area contributed by atoms with Crippen molar-refractivity contribution < 1.29 is 4.74 Å². The minimum Gasteiger partial charge on any atom is -0.493 e. The van der Waals surface area contributed by atoms with Crippen molar-refractivity contribution >= 4 is 16.9 Å². The summed E-state index contributed by atoms with van der Waals surface area (Å²) in [7, 11) is 0. The molecule has 0 amide bonds. The largest absolute Gasteiger partial charge is 0.493 e. The molecule has 0 aliphatic carbocycles. The summed E-state index contributed by atoms with van der Waals surface area (Å²) in [5, 5.41) is 7.40. The van der Waals surface area contributed by atoms with Crippen molar-refractivity contribution in [1.29, 1.82) is 5.41 Å². The van der Waals surface area contributed by atoms with Gasteiger partial charge in [0.2, 0.25) is 0 Å². The third kappa shape index (κ3) is 2.45. The number of hydrogen-bond acceptors (Lipinski definition) is 3. The molecule has 2 rings (SSSR count). The smallest absolute Gasteiger partial charge is 0.151 e. The number of ether oxygens (including phenoxy) is 1.